The lowest BCUT2D eigenvalue weighted by molar-refractivity contribution is -0.122. The van der Waals surface area contributed by atoms with E-state index in [2.05, 4.69) is 17.6 Å². The summed E-state index contributed by atoms with van der Waals surface area (Å²) < 4.78 is 6.07. The van der Waals surface area contributed by atoms with Crippen molar-refractivity contribution in [3.05, 3.63) is 53.1 Å². The molecule has 2 aliphatic rings. The molecular formula is C25H31ClN2O2. The van der Waals surface area contributed by atoms with E-state index >= 15 is 0 Å². The first-order chi connectivity index (χ1) is 14.4. The Bertz CT molecular complexity index is 916. The summed E-state index contributed by atoms with van der Waals surface area (Å²) in [5, 5.41) is 7.13. The molecule has 0 aliphatic heterocycles. The predicted octanol–water partition coefficient (Wildman–Crippen LogP) is 6.18. The molecule has 2 fully saturated rings. The van der Waals surface area contributed by atoms with E-state index in [9.17, 15) is 4.79 Å². The van der Waals surface area contributed by atoms with E-state index in [-0.39, 0.29) is 11.9 Å². The molecule has 2 saturated carbocycles. The molecule has 4 nitrogen and oxygen atoms in total. The van der Waals surface area contributed by atoms with Crippen molar-refractivity contribution in [3.8, 4) is 11.5 Å². The van der Waals surface area contributed by atoms with E-state index in [1.165, 1.54) is 25.7 Å². The van der Waals surface area contributed by atoms with Crippen molar-refractivity contribution in [2.45, 2.75) is 58.5 Å². The van der Waals surface area contributed by atoms with Gasteiger partial charge in [-0.2, -0.15) is 0 Å². The minimum Gasteiger partial charge on any atom is -0.455 e. The van der Waals surface area contributed by atoms with Crippen molar-refractivity contribution in [2.24, 2.45) is 17.8 Å². The number of carbonyl (C=O) groups is 1. The molecule has 2 bridgehead atoms. The third-order valence-corrected chi connectivity index (χ3v) is 6.96. The Hall–Kier alpha value is -2.20. The molecule has 4 rings (SSSR count). The number of benzene rings is 2. The number of hydrogen-bond donors (Lipinski definition) is 2. The minimum atomic E-state index is -0.399. The lowest BCUT2D eigenvalue weighted by Gasteiger charge is -2.29. The van der Waals surface area contributed by atoms with Gasteiger partial charge in [0.25, 0.3) is 0 Å². The summed E-state index contributed by atoms with van der Waals surface area (Å²) in [5.41, 5.74) is 1.83. The molecule has 2 aromatic carbocycles. The highest BCUT2D eigenvalue weighted by Gasteiger charge is 2.42. The Morgan fingerprint density at radius 1 is 1.13 bits per heavy atom. The SMILES string of the molecule is Cc1cccc(Oc2ccc(Cl)cc2NC(C)C(=O)NC(C)C2CC3CCC2C3)c1. The van der Waals surface area contributed by atoms with Gasteiger partial charge in [0, 0.05) is 11.1 Å². The maximum absolute atomic E-state index is 12.9. The van der Waals surface area contributed by atoms with E-state index in [1.54, 1.807) is 12.1 Å². The number of anilines is 1. The smallest absolute Gasteiger partial charge is 0.242 e. The fourth-order valence-corrected chi connectivity index (χ4v) is 5.34. The number of ether oxygens (including phenoxy) is 1. The Morgan fingerprint density at radius 2 is 1.97 bits per heavy atom. The van der Waals surface area contributed by atoms with Crippen LogP contribution in [0.25, 0.3) is 0 Å². The monoisotopic (exact) mass is 426 g/mol. The van der Waals surface area contributed by atoms with Crippen LogP contribution in [0.5, 0.6) is 11.5 Å². The van der Waals surface area contributed by atoms with Gasteiger partial charge in [0.2, 0.25) is 5.91 Å². The van der Waals surface area contributed by atoms with Crippen LogP contribution in [0.3, 0.4) is 0 Å². The number of hydrogen-bond acceptors (Lipinski definition) is 3. The number of nitrogens with one attached hydrogen (secondary N) is 2. The van der Waals surface area contributed by atoms with Crippen molar-refractivity contribution >= 4 is 23.2 Å². The topological polar surface area (TPSA) is 50.4 Å². The van der Waals surface area contributed by atoms with Crippen LogP contribution >= 0.6 is 11.6 Å². The number of halogens is 1. The highest BCUT2D eigenvalue weighted by molar-refractivity contribution is 6.31. The van der Waals surface area contributed by atoms with Crippen LogP contribution in [0.4, 0.5) is 5.69 Å². The Morgan fingerprint density at radius 3 is 2.67 bits per heavy atom. The second kappa shape index (κ2) is 8.89. The lowest BCUT2D eigenvalue weighted by Crippen LogP contribution is -2.46. The molecule has 30 heavy (non-hydrogen) atoms. The van der Waals surface area contributed by atoms with Gasteiger partial charge in [-0.05, 0) is 93.7 Å². The number of rotatable bonds is 7. The van der Waals surface area contributed by atoms with Gasteiger partial charge in [-0.15, -0.1) is 0 Å². The molecule has 2 N–H and O–H groups in total. The molecule has 0 spiro atoms. The van der Waals surface area contributed by atoms with Crippen LogP contribution < -0.4 is 15.4 Å². The van der Waals surface area contributed by atoms with E-state index in [0.29, 0.717) is 22.4 Å². The molecule has 0 radical (unpaired) electrons. The predicted molar refractivity (Wildman–Crippen MR) is 122 cm³/mol. The normalized spacial score (nSPS) is 24.3. The number of carbonyl (C=O) groups excluding carboxylic acids is 1. The van der Waals surface area contributed by atoms with Crippen molar-refractivity contribution in [2.75, 3.05) is 5.32 Å². The molecule has 5 heteroatoms. The summed E-state index contributed by atoms with van der Waals surface area (Å²) in [6.45, 7) is 6.06. The molecule has 5 atom stereocenters. The second-order valence-electron chi connectivity index (χ2n) is 9.06. The molecule has 0 saturated heterocycles. The van der Waals surface area contributed by atoms with Crippen molar-refractivity contribution in [3.63, 3.8) is 0 Å². The molecule has 0 aromatic heterocycles. The Balaban J connectivity index is 1.41. The van der Waals surface area contributed by atoms with E-state index in [4.69, 9.17) is 16.3 Å². The summed E-state index contributed by atoms with van der Waals surface area (Å²) in [6.07, 6.45) is 5.31. The maximum Gasteiger partial charge on any atom is 0.242 e. The van der Waals surface area contributed by atoms with Crippen LogP contribution in [-0.2, 0) is 4.79 Å². The van der Waals surface area contributed by atoms with Crippen molar-refractivity contribution in [1.29, 1.82) is 0 Å². The third-order valence-electron chi connectivity index (χ3n) is 6.73. The van der Waals surface area contributed by atoms with Gasteiger partial charge in [0.05, 0.1) is 5.69 Å². The fourth-order valence-electron chi connectivity index (χ4n) is 5.17. The highest BCUT2D eigenvalue weighted by Crippen LogP contribution is 2.49. The summed E-state index contributed by atoms with van der Waals surface area (Å²) in [4.78, 5) is 12.9. The summed E-state index contributed by atoms with van der Waals surface area (Å²) in [5.74, 6) is 3.68. The number of fused-ring (bicyclic) bond motifs is 2. The van der Waals surface area contributed by atoms with Crippen LogP contribution in [0.15, 0.2) is 42.5 Å². The second-order valence-corrected chi connectivity index (χ2v) is 9.50. The van der Waals surface area contributed by atoms with Crippen LogP contribution in [0.1, 0.15) is 45.1 Å². The van der Waals surface area contributed by atoms with Gasteiger partial charge in [0.15, 0.2) is 5.75 Å². The number of amides is 1. The van der Waals surface area contributed by atoms with Crippen LogP contribution in [0.2, 0.25) is 5.02 Å². The summed E-state index contributed by atoms with van der Waals surface area (Å²) in [7, 11) is 0. The number of aryl methyl sites for hydroxylation is 1. The fraction of sp³-hybridized carbons (Fsp3) is 0.480. The first-order valence-electron chi connectivity index (χ1n) is 11.0. The average Bonchev–Trinajstić information content (AvgIpc) is 3.33. The first kappa shape index (κ1) is 21.0. The molecule has 1 amide bonds. The molecule has 160 valence electrons. The zero-order valence-electron chi connectivity index (χ0n) is 18.0. The van der Waals surface area contributed by atoms with Gasteiger partial charge in [-0.1, -0.05) is 30.2 Å². The van der Waals surface area contributed by atoms with E-state index in [1.807, 2.05) is 44.2 Å². The highest BCUT2D eigenvalue weighted by atomic mass is 35.5. The molecule has 2 aliphatic carbocycles. The largest absolute Gasteiger partial charge is 0.455 e. The molecular weight excluding hydrogens is 396 g/mol. The van der Waals surface area contributed by atoms with Gasteiger partial charge in [-0.25, -0.2) is 0 Å². The minimum absolute atomic E-state index is 0.00625. The third kappa shape index (κ3) is 4.75. The van der Waals surface area contributed by atoms with Crippen molar-refractivity contribution in [1.82, 2.24) is 5.32 Å². The summed E-state index contributed by atoms with van der Waals surface area (Å²) in [6, 6.07) is 13.1. The zero-order chi connectivity index (χ0) is 21.3. The average molecular weight is 427 g/mol. The van der Waals surface area contributed by atoms with Crippen LogP contribution in [-0.4, -0.2) is 18.0 Å². The van der Waals surface area contributed by atoms with Crippen molar-refractivity contribution < 1.29 is 9.53 Å². The maximum atomic E-state index is 12.9. The van der Waals surface area contributed by atoms with Gasteiger partial charge in [-0.3, -0.25) is 4.79 Å². The zero-order valence-corrected chi connectivity index (χ0v) is 18.7. The summed E-state index contributed by atoms with van der Waals surface area (Å²) >= 11 is 6.22. The van der Waals surface area contributed by atoms with Crippen LogP contribution in [0, 0.1) is 24.7 Å². The Kier molecular flexibility index (Phi) is 6.24. The van der Waals surface area contributed by atoms with Gasteiger partial charge in [0.1, 0.15) is 11.8 Å². The molecule has 0 heterocycles. The first-order valence-corrected chi connectivity index (χ1v) is 11.4. The molecule has 2 aromatic rings. The quantitative estimate of drug-likeness (QED) is 0.555. The standard InChI is InChI=1S/C25H31ClN2O2/c1-15-5-4-6-21(11-15)30-24-10-9-20(26)14-23(24)27-17(3)25(29)28-16(2)22-13-18-7-8-19(22)12-18/h4-6,9-11,14,16-19,22,27H,7-8,12-13H2,1-3H3,(H,28,29). The van der Waals surface area contributed by atoms with E-state index in [0.717, 1.165) is 23.1 Å². The van der Waals surface area contributed by atoms with Gasteiger partial charge < -0.3 is 15.4 Å². The lowest BCUT2D eigenvalue weighted by atomic mass is 9.84. The molecule has 5 unspecified atom stereocenters. The Labute approximate surface area is 184 Å². The van der Waals surface area contributed by atoms with Gasteiger partial charge >= 0.3 is 0 Å². The van der Waals surface area contributed by atoms with E-state index < -0.39 is 6.04 Å².